The van der Waals surface area contributed by atoms with Crippen LogP contribution in [0.2, 0.25) is 5.02 Å². The zero-order valence-electron chi connectivity index (χ0n) is 11.4. The van der Waals surface area contributed by atoms with Crippen molar-refractivity contribution in [2.75, 3.05) is 0 Å². The summed E-state index contributed by atoms with van der Waals surface area (Å²) in [5.74, 6) is 0. The molecular formula is C15H12ClN3O2S. The Morgan fingerprint density at radius 3 is 2.50 bits per heavy atom. The molecule has 7 heteroatoms. The smallest absolute Gasteiger partial charge is 0.242 e. The van der Waals surface area contributed by atoms with Gasteiger partial charge < -0.3 is 0 Å². The van der Waals surface area contributed by atoms with E-state index in [4.69, 9.17) is 11.6 Å². The number of rotatable bonds is 4. The molecule has 0 aliphatic heterocycles. The third-order valence-corrected chi connectivity index (χ3v) is 5.03. The first-order chi connectivity index (χ1) is 10.6. The average molecular weight is 334 g/mol. The van der Waals surface area contributed by atoms with Crippen LogP contribution in [0, 0.1) is 0 Å². The summed E-state index contributed by atoms with van der Waals surface area (Å²) in [7, 11) is -3.66. The molecule has 0 saturated carbocycles. The summed E-state index contributed by atoms with van der Waals surface area (Å²) in [6, 6.07) is 11.7. The van der Waals surface area contributed by atoms with Gasteiger partial charge in [-0.15, -0.1) is 0 Å². The minimum Gasteiger partial charge on any atom is -0.253 e. The van der Waals surface area contributed by atoms with E-state index in [9.17, 15) is 8.42 Å². The van der Waals surface area contributed by atoms with E-state index < -0.39 is 10.0 Å². The van der Waals surface area contributed by atoms with Crippen LogP contribution in [0.25, 0.3) is 11.0 Å². The molecule has 0 amide bonds. The standard InChI is InChI=1S/C15H12ClN3O2S/c16-12-3-1-2-4-15(12)22(20,21)19-10-11-5-6-13-14(9-11)18-8-7-17-13/h1-9,19H,10H2. The molecular weight excluding hydrogens is 322 g/mol. The Bertz CT molecular complexity index is 929. The summed E-state index contributed by atoms with van der Waals surface area (Å²) in [6.45, 7) is 0.153. The van der Waals surface area contributed by atoms with Crippen molar-refractivity contribution in [2.24, 2.45) is 0 Å². The van der Waals surface area contributed by atoms with Gasteiger partial charge in [0.15, 0.2) is 0 Å². The van der Waals surface area contributed by atoms with Gasteiger partial charge in [0.05, 0.1) is 16.1 Å². The molecule has 1 aromatic heterocycles. The molecule has 0 bridgehead atoms. The summed E-state index contributed by atoms with van der Waals surface area (Å²) >= 11 is 5.93. The summed E-state index contributed by atoms with van der Waals surface area (Å²) in [5.41, 5.74) is 2.28. The maximum atomic E-state index is 12.3. The third kappa shape index (κ3) is 3.09. The normalized spacial score (nSPS) is 11.7. The molecule has 1 N–H and O–H groups in total. The van der Waals surface area contributed by atoms with Crippen molar-refractivity contribution in [3.05, 3.63) is 65.4 Å². The quantitative estimate of drug-likeness (QED) is 0.797. The van der Waals surface area contributed by atoms with Gasteiger partial charge in [-0.1, -0.05) is 29.8 Å². The highest BCUT2D eigenvalue weighted by molar-refractivity contribution is 7.89. The van der Waals surface area contributed by atoms with Crippen molar-refractivity contribution in [1.29, 1.82) is 0 Å². The fourth-order valence-corrected chi connectivity index (χ4v) is 3.57. The maximum Gasteiger partial charge on any atom is 0.242 e. The first kappa shape index (κ1) is 14.9. The van der Waals surface area contributed by atoms with Crippen molar-refractivity contribution in [2.45, 2.75) is 11.4 Å². The van der Waals surface area contributed by atoms with E-state index in [1.807, 2.05) is 12.1 Å². The van der Waals surface area contributed by atoms with E-state index in [1.54, 1.807) is 36.7 Å². The number of hydrogen-bond acceptors (Lipinski definition) is 4. The fraction of sp³-hybridized carbons (Fsp3) is 0.0667. The molecule has 1 heterocycles. The largest absolute Gasteiger partial charge is 0.253 e. The average Bonchev–Trinajstić information content (AvgIpc) is 2.53. The lowest BCUT2D eigenvalue weighted by molar-refractivity contribution is 0.581. The molecule has 0 spiro atoms. The van der Waals surface area contributed by atoms with Crippen LogP contribution in [0.15, 0.2) is 59.8 Å². The first-order valence-electron chi connectivity index (χ1n) is 6.50. The number of benzene rings is 2. The summed E-state index contributed by atoms with van der Waals surface area (Å²) in [4.78, 5) is 8.44. The lowest BCUT2D eigenvalue weighted by Crippen LogP contribution is -2.23. The van der Waals surface area contributed by atoms with Crippen molar-refractivity contribution in [3.8, 4) is 0 Å². The summed E-state index contributed by atoms with van der Waals surface area (Å²) < 4.78 is 27.1. The number of nitrogens with zero attached hydrogens (tertiary/aromatic N) is 2. The second-order valence-corrected chi connectivity index (χ2v) is 6.78. The highest BCUT2D eigenvalue weighted by Crippen LogP contribution is 2.20. The molecule has 0 aliphatic rings. The minimum atomic E-state index is -3.66. The molecule has 0 aliphatic carbocycles. The van der Waals surface area contributed by atoms with E-state index in [-0.39, 0.29) is 16.5 Å². The lowest BCUT2D eigenvalue weighted by Gasteiger charge is -2.08. The predicted molar refractivity (Wildman–Crippen MR) is 85.0 cm³/mol. The van der Waals surface area contributed by atoms with Crippen LogP contribution in [0.1, 0.15) is 5.56 Å². The van der Waals surface area contributed by atoms with Crippen LogP contribution in [0.3, 0.4) is 0 Å². The number of hydrogen-bond donors (Lipinski definition) is 1. The van der Waals surface area contributed by atoms with Gasteiger partial charge >= 0.3 is 0 Å². The Labute approximate surface area is 133 Å². The Morgan fingerprint density at radius 1 is 1.00 bits per heavy atom. The maximum absolute atomic E-state index is 12.3. The third-order valence-electron chi connectivity index (χ3n) is 3.13. The second-order valence-electron chi connectivity index (χ2n) is 4.63. The number of halogens is 1. The molecule has 0 fully saturated rings. The van der Waals surface area contributed by atoms with Gasteiger partial charge in [0.1, 0.15) is 4.90 Å². The van der Waals surface area contributed by atoms with Gasteiger partial charge in [-0.3, -0.25) is 9.97 Å². The Kier molecular flexibility index (Phi) is 4.06. The SMILES string of the molecule is O=S(=O)(NCc1ccc2nccnc2c1)c1ccccc1Cl. The van der Waals surface area contributed by atoms with E-state index in [0.717, 1.165) is 16.6 Å². The molecule has 112 valence electrons. The molecule has 2 aromatic carbocycles. The van der Waals surface area contributed by atoms with E-state index in [0.29, 0.717) is 0 Å². The Morgan fingerprint density at radius 2 is 1.73 bits per heavy atom. The molecule has 3 aromatic rings. The fourth-order valence-electron chi connectivity index (χ4n) is 2.04. The second kappa shape index (κ2) is 6.00. The molecule has 3 rings (SSSR count). The van der Waals surface area contributed by atoms with E-state index >= 15 is 0 Å². The zero-order chi connectivity index (χ0) is 15.6. The van der Waals surface area contributed by atoms with Crippen molar-refractivity contribution in [1.82, 2.24) is 14.7 Å². The van der Waals surface area contributed by atoms with Crippen molar-refractivity contribution >= 4 is 32.7 Å². The van der Waals surface area contributed by atoms with Crippen LogP contribution >= 0.6 is 11.6 Å². The van der Waals surface area contributed by atoms with Gasteiger partial charge in [-0.2, -0.15) is 0 Å². The van der Waals surface area contributed by atoms with Crippen LogP contribution in [0.5, 0.6) is 0 Å². The number of sulfonamides is 1. The van der Waals surface area contributed by atoms with Gasteiger partial charge in [-0.05, 0) is 29.8 Å². The summed E-state index contributed by atoms with van der Waals surface area (Å²) in [5, 5.41) is 0.194. The Hall–Kier alpha value is -2.02. The van der Waals surface area contributed by atoms with Crippen molar-refractivity contribution in [3.63, 3.8) is 0 Å². The van der Waals surface area contributed by atoms with Gasteiger partial charge in [0.2, 0.25) is 10.0 Å². The molecule has 0 unspecified atom stereocenters. The van der Waals surface area contributed by atoms with E-state index in [2.05, 4.69) is 14.7 Å². The van der Waals surface area contributed by atoms with Crippen LogP contribution in [-0.2, 0) is 16.6 Å². The topological polar surface area (TPSA) is 72.0 Å². The van der Waals surface area contributed by atoms with E-state index in [1.165, 1.54) is 6.07 Å². The first-order valence-corrected chi connectivity index (χ1v) is 8.36. The molecule has 0 saturated heterocycles. The highest BCUT2D eigenvalue weighted by atomic mass is 35.5. The van der Waals surface area contributed by atoms with Crippen LogP contribution in [-0.4, -0.2) is 18.4 Å². The number of aromatic nitrogens is 2. The van der Waals surface area contributed by atoms with Crippen LogP contribution < -0.4 is 4.72 Å². The Balaban J connectivity index is 1.83. The molecule has 0 atom stereocenters. The highest BCUT2D eigenvalue weighted by Gasteiger charge is 2.16. The molecule has 0 radical (unpaired) electrons. The molecule has 22 heavy (non-hydrogen) atoms. The number of nitrogens with one attached hydrogen (secondary N) is 1. The number of fused-ring (bicyclic) bond motifs is 1. The molecule has 5 nitrogen and oxygen atoms in total. The van der Waals surface area contributed by atoms with Gasteiger partial charge in [0, 0.05) is 18.9 Å². The van der Waals surface area contributed by atoms with Crippen LogP contribution in [0.4, 0.5) is 0 Å². The van der Waals surface area contributed by atoms with Gasteiger partial charge in [-0.25, -0.2) is 13.1 Å². The zero-order valence-corrected chi connectivity index (χ0v) is 13.0. The minimum absolute atomic E-state index is 0.0669. The van der Waals surface area contributed by atoms with Crippen molar-refractivity contribution < 1.29 is 8.42 Å². The predicted octanol–water partition coefficient (Wildman–Crippen LogP) is 2.76. The monoisotopic (exact) mass is 333 g/mol. The lowest BCUT2D eigenvalue weighted by atomic mass is 10.2. The summed E-state index contributed by atoms with van der Waals surface area (Å²) in [6.07, 6.45) is 3.21. The van der Waals surface area contributed by atoms with Gasteiger partial charge in [0.25, 0.3) is 0 Å².